The molecule has 2 atom stereocenters. The van der Waals surface area contributed by atoms with Gasteiger partial charge in [-0.2, -0.15) is 5.10 Å². The fourth-order valence-corrected chi connectivity index (χ4v) is 2.11. The average Bonchev–Trinajstić information content (AvgIpc) is 2.89. The molecule has 3 nitrogen and oxygen atoms in total. The monoisotopic (exact) mass is 276 g/mol. The van der Waals surface area contributed by atoms with Gasteiger partial charge in [0.25, 0.3) is 0 Å². The molecule has 0 saturated heterocycles. The molecule has 1 aromatic heterocycles. The summed E-state index contributed by atoms with van der Waals surface area (Å²) in [6.45, 7) is 5.92. The van der Waals surface area contributed by atoms with Gasteiger partial charge >= 0.3 is 0 Å². The number of aliphatic hydroxyl groups excluding tert-OH is 1. The molecule has 2 aromatic rings. The summed E-state index contributed by atoms with van der Waals surface area (Å²) in [5.74, 6) is -0.248. The first-order valence-corrected chi connectivity index (χ1v) is 6.99. The summed E-state index contributed by atoms with van der Waals surface area (Å²) in [6, 6.07) is 6.98. The van der Waals surface area contributed by atoms with Gasteiger partial charge in [0.05, 0.1) is 11.8 Å². The molecule has 20 heavy (non-hydrogen) atoms. The largest absolute Gasteiger partial charge is 0.388 e. The third kappa shape index (κ3) is 3.25. The average molecular weight is 276 g/mol. The van der Waals surface area contributed by atoms with Gasteiger partial charge in [-0.05, 0) is 43.5 Å². The molecule has 0 aliphatic rings. The molecule has 0 aliphatic heterocycles. The Labute approximate surface area is 119 Å². The van der Waals surface area contributed by atoms with Crippen LogP contribution in [0.1, 0.15) is 49.2 Å². The number of hydrogen-bond acceptors (Lipinski definition) is 2. The quantitative estimate of drug-likeness (QED) is 0.906. The lowest BCUT2D eigenvalue weighted by Crippen LogP contribution is -2.07. The molecule has 0 fully saturated rings. The molecule has 1 N–H and O–H groups in total. The maximum atomic E-state index is 13.2. The standard InChI is InChI=1S/C16H21FN2O/c1-4-12(3)19-8-7-14(18-19)10-16(20)13-5-6-15(17)11(2)9-13/h5-9,12,16,20H,4,10H2,1-3H3. The second-order valence-electron chi connectivity index (χ2n) is 5.27. The Morgan fingerprint density at radius 2 is 2.10 bits per heavy atom. The summed E-state index contributed by atoms with van der Waals surface area (Å²) in [7, 11) is 0. The van der Waals surface area contributed by atoms with Crippen LogP contribution in [0.2, 0.25) is 0 Å². The van der Waals surface area contributed by atoms with Crippen LogP contribution in [0.4, 0.5) is 4.39 Å². The van der Waals surface area contributed by atoms with Gasteiger partial charge in [0.2, 0.25) is 0 Å². The fourth-order valence-electron chi connectivity index (χ4n) is 2.11. The molecule has 1 aromatic carbocycles. The molecule has 2 unspecified atom stereocenters. The highest BCUT2D eigenvalue weighted by Crippen LogP contribution is 2.20. The number of aromatic nitrogens is 2. The maximum absolute atomic E-state index is 13.2. The van der Waals surface area contributed by atoms with Gasteiger partial charge in [0.1, 0.15) is 5.82 Å². The van der Waals surface area contributed by atoms with Crippen LogP contribution in [0.15, 0.2) is 30.5 Å². The van der Waals surface area contributed by atoms with Crippen molar-refractivity contribution in [2.45, 2.75) is 45.8 Å². The van der Waals surface area contributed by atoms with Crippen LogP contribution in [-0.2, 0) is 6.42 Å². The first-order chi connectivity index (χ1) is 9.51. The first kappa shape index (κ1) is 14.7. The second-order valence-corrected chi connectivity index (χ2v) is 5.27. The lowest BCUT2D eigenvalue weighted by Gasteiger charge is -2.11. The third-order valence-electron chi connectivity index (χ3n) is 3.68. The van der Waals surface area contributed by atoms with Crippen molar-refractivity contribution in [1.29, 1.82) is 0 Å². The number of benzene rings is 1. The van der Waals surface area contributed by atoms with Crippen molar-refractivity contribution in [2.24, 2.45) is 0 Å². The van der Waals surface area contributed by atoms with E-state index in [9.17, 15) is 9.50 Å². The van der Waals surface area contributed by atoms with Gasteiger partial charge < -0.3 is 5.11 Å². The predicted octanol–water partition coefficient (Wildman–Crippen LogP) is 3.58. The van der Waals surface area contributed by atoms with Crippen LogP contribution >= 0.6 is 0 Å². The number of halogens is 1. The normalized spacial score (nSPS) is 14.2. The van der Waals surface area contributed by atoms with Crippen molar-refractivity contribution in [1.82, 2.24) is 9.78 Å². The predicted molar refractivity (Wildman–Crippen MR) is 77.0 cm³/mol. The van der Waals surface area contributed by atoms with E-state index >= 15 is 0 Å². The molecule has 0 aliphatic carbocycles. The van der Waals surface area contributed by atoms with Crippen molar-refractivity contribution in [2.75, 3.05) is 0 Å². The molecule has 0 saturated carbocycles. The van der Waals surface area contributed by atoms with Gasteiger partial charge in [0.15, 0.2) is 0 Å². The summed E-state index contributed by atoms with van der Waals surface area (Å²) in [4.78, 5) is 0. The minimum Gasteiger partial charge on any atom is -0.388 e. The van der Waals surface area contributed by atoms with E-state index in [1.165, 1.54) is 6.07 Å². The Morgan fingerprint density at radius 1 is 1.35 bits per heavy atom. The fraction of sp³-hybridized carbons (Fsp3) is 0.438. The molecular weight excluding hydrogens is 255 g/mol. The van der Waals surface area contributed by atoms with E-state index in [1.807, 2.05) is 16.9 Å². The summed E-state index contributed by atoms with van der Waals surface area (Å²) in [6.07, 6.45) is 2.73. The molecule has 0 bridgehead atoms. The Kier molecular flexibility index (Phi) is 4.55. The van der Waals surface area contributed by atoms with E-state index in [4.69, 9.17) is 0 Å². The molecule has 4 heteroatoms. The first-order valence-electron chi connectivity index (χ1n) is 6.99. The summed E-state index contributed by atoms with van der Waals surface area (Å²) < 4.78 is 15.1. The van der Waals surface area contributed by atoms with Crippen LogP contribution < -0.4 is 0 Å². The summed E-state index contributed by atoms with van der Waals surface area (Å²) >= 11 is 0. The SMILES string of the molecule is CCC(C)n1ccc(CC(O)c2ccc(F)c(C)c2)n1. The molecule has 2 rings (SSSR count). The van der Waals surface area contributed by atoms with Crippen LogP contribution in [-0.4, -0.2) is 14.9 Å². The summed E-state index contributed by atoms with van der Waals surface area (Å²) in [5, 5.41) is 14.7. The summed E-state index contributed by atoms with van der Waals surface area (Å²) in [5.41, 5.74) is 2.12. The van der Waals surface area contributed by atoms with Gasteiger partial charge in [-0.15, -0.1) is 0 Å². The second kappa shape index (κ2) is 6.18. The van der Waals surface area contributed by atoms with E-state index in [2.05, 4.69) is 18.9 Å². The van der Waals surface area contributed by atoms with E-state index in [0.717, 1.165) is 17.7 Å². The van der Waals surface area contributed by atoms with Crippen LogP contribution in [0, 0.1) is 12.7 Å². The Morgan fingerprint density at radius 3 is 2.75 bits per heavy atom. The van der Waals surface area contributed by atoms with Crippen LogP contribution in [0.25, 0.3) is 0 Å². The van der Waals surface area contributed by atoms with E-state index in [0.29, 0.717) is 18.0 Å². The number of rotatable bonds is 5. The van der Waals surface area contributed by atoms with E-state index < -0.39 is 6.10 Å². The zero-order chi connectivity index (χ0) is 14.7. The zero-order valence-electron chi connectivity index (χ0n) is 12.2. The highest BCUT2D eigenvalue weighted by atomic mass is 19.1. The van der Waals surface area contributed by atoms with Crippen LogP contribution in [0.3, 0.4) is 0 Å². The van der Waals surface area contributed by atoms with Gasteiger partial charge in [-0.3, -0.25) is 4.68 Å². The van der Waals surface area contributed by atoms with E-state index in [-0.39, 0.29) is 5.82 Å². The van der Waals surface area contributed by atoms with Crippen molar-refractivity contribution in [3.63, 3.8) is 0 Å². The minimum atomic E-state index is -0.658. The van der Waals surface area contributed by atoms with E-state index in [1.54, 1.807) is 19.1 Å². The molecular formula is C16H21FN2O. The highest BCUT2D eigenvalue weighted by molar-refractivity contribution is 5.26. The maximum Gasteiger partial charge on any atom is 0.126 e. The molecule has 1 heterocycles. The van der Waals surface area contributed by atoms with Gasteiger partial charge in [-0.1, -0.05) is 19.1 Å². The van der Waals surface area contributed by atoms with Crippen molar-refractivity contribution in [3.8, 4) is 0 Å². The molecule has 108 valence electrons. The topological polar surface area (TPSA) is 38.0 Å². The Bertz CT molecular complexity index is 580. The highest BCUT2D eigenvalue weighted by Gasteiger charge is 2.13. The number of hydrogen-bond donors (Lipinski definition) is 1. The van der Waals surface area contributed by atoms with Gasteiger partial charge in [-0.25, -0.2) is 4.39 Å². The Hall–Kier alpha value is -1.68. The molecule has 0 radical (unpaired) electrons. The number of aliphatic hydroxyl groups is 1. The Balaban J connectivity index is 2.09. The number of aryl methyl sites for hydroxylation is 1. The van der Waals surface area contributed by atoms with Crippen LogP contribution in [0.5, 0.6) is 0 Å². The van der Waals surface area contributed by atoms with Gasteiger partial charge in [0, 0.05) is 18.7 Å². The minimum absolute atomic E-state index is 0.248. The van der Waals surface area contributed by atoms with Crippen molar-refractivity contribution >= 4 is 0 Å². The molecule has 0 spiro atoms. The molecule has 0 amide bonds. The number of nitrogens with zero attached hydrogens (tertiary/aromatic N) is 2. The lowest BCUT2D eigenvalue weighted by molar-refractivity contribution is 0.176. The van der Waals surface area contributed by atoms with Crippen molar-refractivity contribution in [3.05, 3.63) is 53.1 Å². The lowest BCUT2D eigenvalue weighted by atomic mass is 10.0. The third-order valence-corrected chi connectivity index (χ3v) is 3.68. The smallest absolute Gasteiger partial charge is 0.126 e. The van der Waals surface area contributed by atoms with Crippen molar-refractivity contribution < 1.29 is 9.50 Å². The zero-order valence-corrected chi connectivity index (χ0v) is 12.2.